The van der Waals surface area contributed by atoms with E-state index in [9.17, 15) is 4.79 Å². The number of aliphatic carboxylic acids is 1. The average Bonchev–Trinajstić information content (AvgIpc) is 2.15. The zero-order valence-electron chi connectivity index (χ0n) is 7.47. The summed E-state index contributed by atoms with van der Waals surface area (Å²) in [5.41, 5.74) is 0.983. The van der Waals surface area contributed by atoms with Crippen LogP contribution in [0.4, 0.5) is 5.69 Å². The van der Waals surface area contributed by atoms with Crippen molar-refractivity contribution in [2.45, 2.75) is 6.42 Å². The Bertz CT molecular complexity index is 274. The fourth-order valence-electron chi connectivity index (χ4n) is 0.991. The molecule has 0 aliphatic heterocycles. The molecule has 4 heteroatoms. The average molecular weight is 180 g/mol. The highest BCUT2D eigenvalue weighted by atomic mass is 16.4. The second kappa shape index (κ2) is 4.45. The lowest BCUT2D eigenvalue weighted by Crippen LogP contribution is -2.20. The van der Waals surface area contributed by atoms with Crippen molar-refractivity contribution in [2.24, 2.45) is 0 Å². The van der Waals surface area contributed by atoms with Crippen LogP contribution in [0.5, 0.6) is 0 Å². The molecule has 0 fully saturated rings. The van der Waals surface area contributed by atoms with Gasteiger partial charge in [0.15, 0.2) is 0 Å². The summed E-state index contributed by atoms with van der Waals surface area (Å²) in [5, 5.41) is 8.47. The van der Waals surface area contributed by atoms with Crippen LogP contribution in [-0.4, -0.2) is 29.7 Å². The monoisotopic (exact) mass is 180 g/mol. The Kier molecular flexibility index (Phi) is 3.25. The van der Waals surface area contributed by atoms with Crippen LogP contribution in [0.1, 0.15) is 6.42 Å². The van der Waals surface area contributed by atoms with Gasteiger partial charge < -0.3 is 10.0 Å². The van der Waals surface area contributed by atoms with Gasteiger partial charge in [-0.15, -0.1) is 0 Å². The first-order chi connectivity index (χ1) is 6.20. The summed E-state index contributed by atoms with van der Waals surface area (Å²) in [5.74, 6) is -0.777. The minimum Gasteiger partial charge on any atom is -0.481 e. The normalized spacial score (nSPS) is 9.62. The van der Waals surface area contributed by atoms with Gasteiger partial charge in [0, 0.05) is 31.7 Å². The number of carboxylic acid groups (broad SMARTS) is 1. The Morgan fingerprint density at radius 1 is 1.54 bits per heavy atom. The zero-order valence-corrected chi connectivity index (χ0v) is 7.47. The maximum absolute atomic E-state index is 10.3. The molecule has 13 heavy (non-hydrogen) atoms. The summed E-state index contributed by atoms with van der Waals surface area (Å²) < 4.78 is 0. The molecule has 0 spiro atoms. The van der Waals surface area contributed by atoms with Gasteiger partial charge in [-0.2, -0.15) is 0 Å². The Labute approximate surface area is 76.8 Å². The third kappa shape index (κ3) is 3.11. The molecular formula is C9H12N2O2. The van der Waals surface area contributed by atoms with E-state index < -0.39 is 5.97 Å². The molecule has 0 aliphatic rings. The van der Waals surface area contributed by atoms with Crippen molar-refractivity contribution >= 4 is 11.7 Å². The molecule has 0 saturated heterocycles. The largest absolute Gasteiger partial charge is 0.481 e. The van der Waals surface area contributed by atoms with Crippen LogP contribution in [0, 0.1) is 0 Å². The molecule has 0 bridgehead atoms. The number of hydrogen-bond donors (Lipinski definition) is 1. The van der Waals surface area contributed by atoms with Gasteiger partial charge in [-0.1, -0.05) is 0 Å². The zero-order chi connectivity index (χ0) is 9.68. The summed E-state index contributed by atoms with van der Waals surface area (Å²) in [6.45, 7) is 0.513. The molecule has 1 aromatic rings. The highest BCUT2D eigenvalue weighted by Crippen LogP contribution is 2.09. The Balaban J connectivity index is 2.49. The molecule has 1 rings (SSSR count). The molecule has 0 unspecified atom stereocenters. The van der Waals surface area contributed by atoms with Crippen LogP contribution < -0.4 is 4.90 Å². The molecule has 1 aromatic heterocycles. The lowest BCUT2D eigenvalue weighted by Gasteiger charge is -2.17. The topological polar surface area (TPSA) is 53.4 Å². The van der Waals surface area contributed by atoms with E-state index in [1.54, 1.807) is 12.4 Å². The van der Waals surface area contributed by atoms with Crippen LogP contribution in [0.15, 0.2) is 24.5 Å². The number of anilines is 1. The fourth-order valence-corrected chi connectivity index (χ4v) is 0.991. The molecular weight excluding hydrogens is 168 g/mol. The molecule has 70 valence electrons. The standard InChI is InChI=1S/C9H12N2O2/c1-11(7-4-9(12)13)8-2-5-10-6-3-8/h2-3,5-6H,4,7H2,1H3,(H,12,13). The maximum Gasteiger partial charge on any atom is 0.305 e. The van der Waals surface area contributed by atoms with Crippen molar-refractivity contribution in [3.05, 3.63) is 24.5 Å². The number of carbonyl (C=O) groups is 1. The smallest absolute Gasteiger partial charge is 0.305 e. The molecule has 0 amide bonds. The first-order valence-electron chi connectivity index (χ1n) is 4.03. The van der Waals surface area contributed by atoms with Crippen LogP contribution >= 0.6 is 0 Å². The number of aromatic nitrogens is 1. The van der Waals surface area contributed by atoms with Gasteiger partial charge >= 0.3 is 5.97 Å². The van der Waals surface area contributed by atoms with Crippen molar-refractivity contribution < 1.29 is 9.90 Å². The third-order valence-electron chi connectivity index (χ3n) is 1.76. The Morgan fingerprint density at radius 3 is 2.69 bits per heavy atom. The van der Waals surface area contributed by atoms with Gasteiger partial charge in [0.2, 0.25) is 0 Å². The van der Waals surface area contributed by atoms with Crippen LogP contribution in [0.2, 0.25) is 0 Å². The molecule has 1 N–H and O–H groups in total. The highest BCUT2D eigenvalue weighted by Gasteiger charge is 2.02. The maximum atomic E-state index is 10.3. The van der Waals surface area contributed by atoms with E-state index in [4.69, 9.17) is 5.11 Å². The first kappa shape index (κ1) is 9.51. The summed E-state index contributed by atoms with van der Waals surface area (Å²) in [7, 11) is 1.86. The van der Waals surface area contributed by atoms with Gasteiger partial charge in [-0.3, -0.25) is 9.78 Å². The van der Waals surface area contributed by atoms with Gasteiger partial charge in [0.05, 0.1) is 6.42 Å². The summed E-state index contributed by atoms with van der Waals surface area (Å²) in [4.78, 5) is 16.1. The van der Waals surface area contributed by atoms with E-state index in [-0.39, 0.29) is 6.42 Å². The van der Waals surface area contributed by atoms with Crippen molar-refractivity contribution in [1.29, 1.82) is 0 Å². The quantitative estimate of drug-likeness (QED) is 0.750. The molecule has 0 aromatic carbocycles. The van der Waals surface area contributed by atoms with Crippen molar-refractivity contribution in [1.82, 2.24) is 4.98 Å². The van der Waals surface area contributed by atoms with Gasteiger partial charge in [-0.05, 0) is 12.1 Å². The molecule has 0 saturated carbocycles. The summed E-state index contributed by atoms with van der Waals surface area (Å²) in [6.07, 6.45) is 3.53. The van der Waals surface area contributed by atoms with Crippen LogP contribution in [0.25, 0.3) is 0 Å². The van der Waals surface area contributed by atoms with Crippen molar-refractivity contribution in [3.63, 3.8) is 0 Å². The highest BCUT2D eigenvalue weighted by molar-refractivity contribution is 5.67. The number of nitrogens with zero attached hydrogens (tertiary/aromatic N) is 2. The Morgan fingerprint density at radius 2 is 2.15 bits per heavy atom. The van der Waals surface area contributed by atoms with Gasteiger partial charge in [-0.25, -0.2) is 0 Å². The van der Waals surface area contributed by atoms with Crippen LogP contribution in [-0.2, 0) is 4.79 Å². The SMILES string of the molecule is CN(CCC(=O)O)c1ccncc1. The van der Waals surface area contributed by atoms with Crippen molar-refractivity contribution in [3.8, 4) is 0 Å². The number of carboxylic acids is 1. The second-order valence-corrected chi connectivity index (χ2v) is 2.77. The minimum atomic E-state index is -0.777. The summed E-state index contributed by atoms with van der Waals surface area (Å²) >= 11 is 0. The van der Waals surface area contributed by atoms with E-state index in [1.165, 1.54) is 0 Å². The van der Waals surface area contributed by atoms with E-state index in [0.717, 1.165) is 5.69 Å². The molecule has 0 aliphatic carbocycles. The number of hydrogen-bond acceptors (Lipinski definition) is 3. The molecule has 4 nitrogen and oxygen atoms in total. The first-order valence-corrected chi connectivity index (χ1v) is 4.03. The second-order valence-electron chi connectivity index (χ2n) is 2.77. The van der Waals surface area contributed by atoms with Crippen molar-refractivity contribution in [2.75, 3.05) is 18.5 Å². The van der Waals surface area contributed by atoms with E-state index in [0.29, 0.717) is 6.54 Å². The molecule has 1 heterocycles. The molecule has 0 atom stereocenters. The fraction of sp³-hybridized carbons (Fsp3) is 0.333. The lowest BCUT2D eigenvalue weighted by molar-refractivity contribution is -0.136. The van der Waals surface area contributed by atoms with Crippen LogP contribution in [0.3, 0.4) is 0 Å². The van der Waals surface area contributed by atoms with E-state index >= 15 is 0 Å². The summed E-state index contributed by atoms with van der Waals surface area (Å²) in [6, 6.07) is 3.70. The van der Waals surface area contributed by atoms with Gasteiger partial charge in [0.1, 0.15) is 0 Å². The Hall–Kier alpha value is -1.58. The number of pyridine rings is 1. The number of rotatable bonds is 4. The third-order valence-corrected chi connectivity index (χ3v) is 1.76. The predicted octanol–water partition coefficient (Wildman–Crippen LogP) is 0.992. The van der Waals surface area contributed by atoms with E-state index in [1.807, 2.05) is 24.1 Å². The lowest BCUT2D eigenvalue weighted by atomic mass is 10.3. The van der Waals surface area contributed by atoms with Gasteiger partial charge in [0.25, 0.3) is 0 Å². The van der Waals surface area contributed by atoms with E-state index in [2.05, 4.69) is 4.98 Å². The minimum absolute atomic E-state index is 0.152. The predicted molar refractivity (Wildman–Crippen MR) is 49.8 cm³/mol. The molecule has 0 radical (unpaired) electrons.